The lowest BCUT2D eigenvalue weighted by Gasteiger charge is -2.28. The molecule has 3 rings (SSSR count). The average molecular weight is 310 g/mol. The fourth-order valence-electron chi connectivity index (χ4n) is 3.06. The van der Waals surface area contributed by atoms with Gasteiger partial charge in [-0.1, -0.05) is 18.2 Å². The predicted octanol–water partition coefficient (Wildman–Crippen LogP) is 1.55. The van der Waals surface area contributed by atoms with Crippen molar-refractivity contribution in [1.29, 1.82) is 0 Å². The molecule has 1 aromatic heterocycles. The van der Waals surface area contributed by atoms with Crippen molar-refractivity contribution in [3.8, 4) is 0 Å². The summed E-state index contributed by atoms with van der Waals surface area (Å²) in [6.45, 7) is 0.952. The highest BCUT2D eigenvalue weighted by atomic mass is 32.2. The summed E-state index contributed by atoms with van der Waals surface area (Å²) in [6, 6.07) is 0. The fourth-order valence-corrected chi connectivity index (χ4v) is 4.37. The van der Waals surface area contributed by atoms with Crippen LogP contribution in [-0.2, 0) is 17.8 Å². The van der Waals surface area contributed by atoms with E-state index in [9.17, 15) is 9.90 Å². The van der Waals surface area contributed by atoms with Gasteiger partial charge in [-0.15, -0.1) is 10.2 Å². The lowest BCUT2D eigenvalue weighted by atomic mass is 9.96. The topological polar surface area (TPSA) is 80.0 Å². The van der Waals surface area contributed by atoms with E-state index in [1.54, 1.807) is 7.05 Å². The highest BCUT2D eigenvalue weighted by Gasteiger charge is 2.50. The number of hydrogen-bond acceptors (Lipinski definition) is 5. The molecule has 1 aromatic rings. The van der Waals surface area contributed by atoms with Crippen LogP contribution < -0.4 is 5.32 Å². The van der Waals surface area contributed by atoms with E-state index in [1.165, 1.54) is 24.6 Å². The van der Waals surface area contributed by atoms with Gasteiger partial charge in [-0.3, -0.25) is 4.79 Å². The number of carboxylic acid groups (broad SMARTS) is 1. The summed E-state index contributed by atoms with van der Waals surface area (Å²) in [4.78, 5) is 11.7. The molecule has 1 atom stereocenters. The van der Waals surface area contributed by atoms with Gasteiger partial charge < -0.3 is 15.0 Å². The zero-order valence-corrected chi connectivity index (χ0v) is 13.2. The van der Waals surface area contributed by atoms with Crippen molar-refractivity contribution in [2.75, 3.05) is 12.8 Å². The molecular formula is C14H22N4O2S. The Balaban J connectivity index is 1.74. The molecule has 6 nitrogen and oxygen atoms in total. The van der Waals surface area contributed by atoms with E-state index in [0.717, 1.165) is 43.2 Å². The second-order valence-corrected chi connectivity index (χ2v) is 6.89. The molecule has 1 unspecified atom stereocenters. The molecule has 0 spiro atoms. The van der Waals surface area contributed by atoms with Crippen LogP contribution in [0, 0.1) is 5.92 Å². The average Bonchev–Trinajstić information content (AvgIpc) is 3.27. The molecule has 0 bridgehead atoms. The van der Waals surface area contributed by atoms with Crippen LogP contribution in [0.5, 0.6) is 0 Å². The van der Waals surface area contributed by atoms with Gasteiger partial charge in [0.2, 0.25) is 0 Å². The maximum atomic E-state index is 11.7. The van der Waals surface area contributed by atoms with Crippen molar-refractivity contribution in [2.45, 2.75) is 55.8 Å². The Labute approximate surface area is 128 Å². The molecule has 0 saturated heterocycles. The fraction of sp³-hybridized carbons (Fsp3) is 0.786. The number of nitrogens with zero attached hydrogens (tertiary/aromatic N) is 3. The molecule has 7 heteroatoms. The zero-order chi connectivity index (χ0) is 14.9. The Morgan fingerprint density at radius 3 is 2.90 bits per heavy atom. The van der Waals surface area contributed by atoms with Gasteiger partial charge in [0, 0.05) is 18.7 Å². The number of aromatic nitrogens is 3. The molecule has 1 fully saturated rings. The quantitative estimate of drug-likeness (QED) is 0.776. The van der Waals surface area contributed by atoms with Crippen molar-refractivity contribution in [3.63, 3.8) is 0 Å². The zero-order valence-electron chi connectivity index (χ0n) is 12.3. The molecule has 21 heavy (non-hydrogen) atoms. The number of hydrogen-bond donors (Lipinski definition) is 2. The van der Waals surface area contributed by atoms with E-state index in [1.807, 2.05) is 0 Å². The van der Waals surface area contributed by atoms with Gasteiger partial charge in [0.1, 0.15) is 11.4 Å². The minimum Gasteiger partial charge on any atom is -0.480 e. The first kappa shape index (κ1) is 14.8. The van der Waals surface area contributed by atoms with Crippen molar-refractivity contribution in [2.24, 2.45) is 5.92 Å². The largest absolute Gasteiger partial charge is 0.480 e. The number of carboxylic acids is 1. The Morgan fingerprint density at radius 2 is 2.24 bits per heavy atom. The van der Waals surface area contributed by atoms with Crippen LogP contribution >= 0.6 is 11.8 Å². The summed E-state index contributed by atoms with van der Waals surface area (Å²) in [5.74, 6) is 1.03. The van der Waals surface area contributed by atoms with Crippen LogP contribution in [0.4, 0.5) is 0 Å². The summed E-state index contributed by atoms with van der Waals surface area (Å²) in [6.07, 6.45) is 6.51. The predicted molar refractivity (Wildman–Crippen MR) is 80.5 cm³/mol. The van der Waals surface area contributed by atoms with Crippen LogP contribution in [0.3, 0.4) is 0 Å². The van der Waals surface area contributed by atoms with E-state index in [4.69, 9.17) is 0 Å². The van der Waals surface area contributed by atoms with Crippen LogP contribution in [-0.4, -0.2) is 44.2 Å². The Bertz CT molecular complexity index is 529. The second-order valence-electron chi connectivity index (χ2n) is 5.95. The van der Waals surface area contributed by atoms with Crippen molar-refractivity contribution >= 4 is 17.7 Å². The first-order valence-electron chi connectivity index (χ1n) is 7.64. The molecule has 2 heterocycles. The van der Waals surface area contributed by atoms with Crippen LogP contribution in [0.1, 0.15) is 37.9 Å². The van der Waals surface area contributed by atoms with Crippen LogP contribution in [0.15, 0.2) is 5.16 Å². The first-order valence-corrected chi connectivity index (χ1v) is 8.63. The van der Waals surface area contributed by atoms with Crippen molar-refractivity contribution in [3.05, 3.63) is 5.82 Å². The highest BCUT2D eigenvalue weighted by Crippen LogP contribution is 2.42. The maximum absolute atomic E-state index is 11.7. The second kappa shape index (κ2) is 5.96. The molecule has 0 amide bonds. The summed E-state index contributed by atoms with van der Waals surface area (Å²) in [5.41, 5.74) is -0.832. The van der Waals surface area contributed by atoms with Gasteiger partial charge in [-0.25, -0.2) is 0 Å². The molecule has 1 aliphatic carbocycles. The number of likely N-dealkylation sites (N-methyl/N-ethyl adjacent to an activating group) is 1. The Hall–Kier alpha value is -1.08. The van der Waals surface area contributed by atoms with Crippen molar-refractivity contribution in [1.82, 2.24) is 20.1 Å². The van der Waals surface area contributed by atoms with E-state index in [2.05, 4.69) is 20.1 Å². The smallest absolute Gasteiger partial charge is 0.325 e. The van der Waals surface area contributed by atoms with Gasteiger partial charge in [-0.05, 0) is 38.6 Å². The third-order valence-electron chi connectivity index (χ3n) is 4.61. The number of nitrogens with one attached hydrogen (secondary N) is 1. The molecule has 1 saturated carbocycles. The summed E-state index contributed by atoms with van der Waals surface area (Å²) in [7, 11) is 1.75. The summed E-state index contributed by atoms with van der Waals surface area (Å²) in [5, 5.41) is 22.1. The molecule has 2 aliphatic rings. The Morgan fingerprint density at radius 1 is 1.43 bits per heavy atom. The van der Waals surface area contributed by atoms with Gasteiger partial charge in [0.25, 0.3) is 0 Å². The molecule has 0 radical (unpaired) electrons. The number of aryl methyl sites for hydroxylation is 1. The lowest BCUT2D eigenvalue weighted by Crippen LogP contribution is -2.54. The normalized spacial score (nSPS) is 21.4. The van der Waals surface area contributed by atoms with Crippen molar-refractivity contribution < 1.29 is 9.90 Å². The maximum Gasteiger partial charge on any atom is 0.325 e. The SMILES string of the molecule is CNC(CSc1nnc2n1CCCCC2)(C(=O)O)C1CC1. The van der Waals surface area contributed by atoms with Gasteiger partial charge in [-0.2, -0.15) is 0 Å². The monoisotopic (exact) mass is 310 g/mol. The number of aliphatic carboxylic acids is 1. The Kier molecular flexibility index (Phi) is 4.21. The molecular weight excluding hydrogens is 288 g/mol. The van der Waals surface area contributed by atoms with Gasteiger partial charge in [0.05, 0.1) is 0 Å². The third-order valence-corrected chi connectivity index (χ3v) is 5.77. The van der Waals surface area contributed by atoms with Gasteiger partial charge in [0.15, 0.2) is 5.16 Å². The van der Waals surface area contributed by atoms with E-state index in [-0.39, 0.29) is 5.92 Å². The number of carbonyl (C=O) groups is 1. The lowest BCUT2D eigenvalue weighted by molar-refractivity contribution is -0.144. The highest BCUT2D eigenvalue weighted by molar-refractivity contribution is 7.99. The van der Waals surface area contributed by atoms with Gasteiger partial charge >= 0.3 is 5.97 Å². The third kappa shape index (κ3) is 2.81. The minimum absolute atomic E-state index is 0.235. The van der Waals surface area contributed by atoms with E-state index >= 15 is 0 Å². The minimum atomic E-state index is -0.832. The molecule has 116 valence electrons. The van der Waals surface area contributed by atoms with E-state index < -0.39 is 11.5 Å². The van der Waals surface area contributed by atoms with Crippen LogP contribution in [0.25, 0.3) is 0 Å². The number of fused-ring (bicyclic) bond motifs is 1. The number of rotatable bonds is 6. The van der Waals surface area contributed by atoms with Crippen LogP contribution in [0.2, 0.25) is 0 Å². The first-order chi connectivity index (χ1) is 10.2. The van der Waals surface area contributed by atoms with E-state index in [0.29, 0.717) is 5.75 Å². The summed E-state index contributed by atoms with van der Waals surface area (Å²) >= 11 is 1.53. The standard InChI is InChI=1S/C14H22N4O2S/c1-15-14(12(19)20,10-6-7-10)9-21-13-17-16-11-5-3-2-4-8-18(11)13/h10,15H,2-9H2,1H3,(H,19,20). The number of thioether (sulfide) groups is 1. The molecule has 2 N–H and O–H groups in total. The molecule has 0 aromatic carbocycles. The molecule has 1 aliphatic heterocycles. The summed E-state index contributed by atoms with van der Waals surface area (Å²) < 4.78 is 2.17.